The molecule has 4 nitrogen and oxygen atoms in total. The fourth-order valence-electron chi connectivity index (χ4n) is 1.08. The first-order valence-electron chi connectivity index (χ1n) is 4.70. The van der Waals surface area contributed by atoms with Crippen LogP contribution in [0.25, 0.3) is 0 Å². The highest BCUT2D eigenvalue weighted by atomic mass is 19.4. The van der Waals surface area contributed by atoms with Crippen molar-refractivity contribution in [3.05, 3.63) is 30.7 Å². The first kappa shape index (κ1) is 14.0. The van der Waals surface area contributed by atoms with E-state index in [-0.39, 0.29) is 24.0 Å². The quantitative estimate of drug-likeness (QED) is 0.474. The van der Waals surface area contributed by atoms with Crippen LogP contribution >= 0.6 is 0 Å². The van der Waals surface area contributed by atoms with Crippen molar-refractivity contribution in [2.75, 3.05) is 0 Å². The molecule has 7 heteroatoms. The maximum atomic E-state index is 11.9. The van der Waals surface area contributed by atoms with Crippen LogP contribution in [0.5, 0.6) is 11.5 Å². The molecule has 0 amide bonds. The topological polar surface area (TPSA) is 52.6 Å². The number of halogens is 3. The van der Waals surface area contributed by atoms with Crippen LogP contribution in [-0.2, 0) is 4.79 Å². The SMILES string of the molecule is [CH2]CC(=O)Oc1ccc(OC(F)(F)F)cc1C=O. The molecule has 1 radical (unpaired) electrons. The van der Waals surface area contributed by atoms with Crippen molar-refractivity contribution in [1.82, 2.24) is 0 Å². The molecule has 18 heavy (non-hydrogen) atoms. The Hall–Kier alpha value is -2.05. The van der Waals surface area contributed by atoms with Gasteiger partial charge < -0.3 is 9.47 Å². The Kier molecular flexibility index (Phi) is 4.30. The molecule has 0 unspecified atom stereocenters. The van der Waals surface area contributed by atoms with Crippen LogP contribution in [-0.4, -0.2) is 18.6 Å². The number of hydrogen-bond donors (Lipinski definition) is 0. The van der Waals surface area contributed by atoms with Gasteiger partial charge in [0.2, 0.25) is 0 Å². The van der Waals surface area contributed by atoms with E-state index in [2.05, 4.69) is 11.7 Å². The monoisotopic (exact) mass is 261 g/mol. The molecular weight excluding hydrogens is 253 g/mol. The predicted octanol–water partition coefficient (Wildman–Crippen LogP) is 2.53. The van der Waals surface area contributed by atoms with Crippen molar-refractivity contribution in [3.8, 4) is 11.5 Å². The third kappa shape index (κ3) is 4.08. The number of rotatable bonds is 4. The van der Waals surface area contributed by atoms with Crippen LogP contribution in [0.3, 0.4) is 0 Å². The van der Waals surface area contributed by atoms with E-state index in [0.29, 0.717) is 0 Å². The summed E-state index contributed by atoms with van der Waals surface area (Å²) in [6.45, 7) is 3.27. The van der Waals surface area contributed by atoms with Gasteiger partial charge in [-0.05, 0) is 25.1 Å². The molecule has 0 saturated heterocycles. The largest absolute Gasteiger partial charge is 0.573 e. The molecule has 0 aliphatic rings. The summed E-state index contributed by atoms with van der Waals surface area (Å²) in [6.07, 6.45) is -4.76. The zero-order valence-corrected chi connectivity index (χ0v) is 8.99. The average Bonchev–Trinajstić information content (AvgIpc) is 2.28. The summed E-state index contributed by atoms with van der Waals surface area (Å²) in [4.78, 5) is 21.6. The number of alkyl halides is 3. The fourth-order valence-corrected chi connectivity index (χ4v) is 1.08. The molecule has 1 aromatic rings. The minimum atomic E-state index is -4.86. The van der Waals surface area contributed by atoms with Crippen LogP contribution in [0.1, 0.15) is 16.8 Å². The Morgan fingerprint density at radius 1 is 1.39 bits per heavy atom. The van der Waals surface area contributed by atoms with Crippen molar-refractivity contribution in [2.45, 2.75) is 12.8 Å². The lowest BCUT2D eigenvalue weighted by atomic mass is 10.2. The highest BCUT2D eigenvalue weighted by molar-refractivity contribution is 5.83. The Labute approximate surface area is 100 Å². The second kappa shape index (κ2) is 5.52. The van der Waals surface area contributed by atoms with Crippen molar-refractivity contribution >= 4 is 12.3 Å². The standard InChI is InChI=1S/C11H8F3O4/c1-2-10(16)17-9-4-3-8(5-7(9)6-15)18-11(12,13)14/h3-6H,1-2H2. The lowest BCUT2D eigenvalue weighted by Gasteiger charge is -2.11. The molecule has 0 atom stereocenters. The molecule has 0 aliphatic heterocycles. The van der Waals surface area contributed by atoms with Crippen LogP contribution in [0.4, 0.5) is 13.2 Å². The average molecular weight is 261 g/mol. The summed E-state index contributed by atoms with van der Waals surface area (Å²) < 4.78 is 44.1. The smallest absolute Gasteiger partial charge is 0.426 e. The molecular formula is C11H8F3O4. The van der Waals surface area contributed by atoms with Gasteiger partial charge in [-0.25, -0.2) is 0 Å². The van der Waals surface area contributed by atoms with Gasteiger partial charge in [0.1, 0.15) is 11.5 Å². The van der Waals surface area contributed by atoms with Gasteiger partial charge in [-0.15, -0.1) is 13.2 Å². The van der Waals surface area contributed by atoms with E-state index in [0.717, 1.165) is 18.2 Å². The summed E-state index contributed by atoms with van der Waals surface area (Å²) in [5.41, 5.74) is -0.224. The molecule has 97 valence electrons. The second-order valence-corrected chi connectivity index (χ2v) is 3.09. The zero-order valence-electron chi connectivity index (χ0n) is 8.99. The third-order valence-corrected chi connectivity index (χ3v) is 1.77. The van der Waals surface area contributed by atoms with Gasteiger partial charge in [-0.2, -0.15) is 0 Å². The number of benzene rings is 1. The number of carbonyl (C=O) groups excluding carboxylic acids is 2. The number of esters is 1. The molecule has 0 aliphatic carbocycles. The highest BCUT2D eigenvalue weighted by Gasteiger charge is 2.31. The number of carbonyl (C=O) groups is 2. The van der Waals surface area contributed by atoms with Gasteiger partial charge in [-0.3, -0.25) is 9.59 Å². The van der Waals surface area contributed by atoms with E-state index in [4.69, 9.17) is 4.74 Å². The van der Waals surface area contributed by atoms with E-state index in [1.807, 2.05) is 0 Å². The fraction of sp³-hybridized carbons (Fsp3) is 0.182. The molecule has 0 bridgehead atoms. The Bertz CT molecular complexity index is 454. The van der Waals surface area contributed by atoms with Gasteiger partial charge in [0.05, 0.1) is 5.56 Å². The summed E-state index contributed by atoms with van der Waals surface area (Å²) in [7, 11) is 0. The minimum absolute atomic E-state index is 0.145. The zero-order chi connectivity index (χ0) is 13.8. The number of ether oxygens (including phenoxy) is 2. The maximum absolute atomic E-state index is 11.9. The Morgan fingerprint density at radius 2 is 2.06 bits per heavy atom. The molecule has 1 rings (SSSR count). The van der Waals surface area contributed by atoms with Gasteiger partial charge >= 0.3 is 12.3 Å². The molecule has 0 fully saturated rings. The third-order valence-electron chi connectivity index (χ3n) is 1.77. The minimum Gasteiger partial charge on any atom is -0.426 e. The second-order valence-electron chi connectivity index (χ2n) is 3.09. The molecule has 0 N–H and O–H groups in total. The molecule has 0 spiro atoms. The van der Waals surface area contributed by atoms with Gasteiger partial charge in [0.25, 0.3) is 0 Å². The summed E-state index contributed by atoms with van der Waals surface area (Å²) >= 11 is 0. The normalized spacial score (nSPS) is 10.9. The summed E-state index contributed by atoms with van der Waals surface area (Å²) in [5, 5.41) is 0. The van der Waals surface area contributed by atoms with Crippen LogP contribution in [0.15, 0.2) is 18.2 Å². The maximum Gasteiger partial charge on any atom is 0.573 e. The molecule has 0 heterocycles. The van der Waals surface area contributed by atoms with Gasteiger partial charge in [0.15, 0.2) is 6.29 Å². The van der Waals surface area contributed by atoms with E-state index in [9.17, 15) is 22.8 Å². The Morgan fingerprint density at radius 3 is 2.56 bits per heavy atom. The lowest BCUT2D eigenvalue weighted by molar-refractivity contribution is -0.274. The highest BCUT2D eigenvalue weighted by Crippen LogP contribution is 2.27. The Balaban J connectivity index is 2.96. The van der Waals surface area contributed by atoms with Crippen LogP contribution < -0.4 is 9.47 Å². The van der Waals surface area contributed by atoms with E-state index in [1.165, 1.54) is 0 Å². The number of hydrogen-bond acceptors (Lipinski definition) is 4. The molecule has 0 saturated carbocycles. The van der Waals surface area contributed by atoms with Crippen molar-refractivity contribution in [2.24, 2.45) is 0 Å². The van der Waals surface area contributed by atoms with Crippen LogP contribution in [0, 0.1) is 6.92 Å². The van der Waals surface area contributed by atoms with Crippen molar-refractivity contribution in [1.29, 1.82) is 0 Å². The first-order valence-corrected chi connectivity index (χ1v) is 4.70. The lowest BCUT2D eigenvalue weighted by Crippen LogP contribution is -2.17. The molecule has 1 aromatic carbocycles. The predicted molar refractivity (Wildman–Crippen MR) is 54.1 cm³/mol. The van der Waals surface area contributed by atoms with Crippen molar-refractivity contribution < 1.29 is 32.2 Å². The summed E-state index contributed by atoms with van der Waals surface area (Å²) in [6, 6.07) is 2.80. The van der Waals surface area contributed by atoms with E-state index >= 15 is 0 Å². The van der Waals surface area contributed by atoms with E-state index in [1.54, 1.807) is 0 Å². The summed E-state index contributed by atoms with van der Waals surface area (Å²) in [5.74, 6) is -1.42. The van der Waals surface area contributed by atoms with Gasteiger partial charge in [-0.1, -0.05) is 0 Å². The first-order chi connectivity index (χ1) is 8.35. The van der Waals surface area contributed by atoms with Gasteiger partial charge in [0, 0.05) is 6.42 Å². The number of aldehydes is 1. The van der Waals surface area contributed by atoms with Crippen LogP contribution in [0.2, 0.25) is 0 Å². The molecule has 0 aromatic heterocycles. The van der Waals surface area contributed by atoms with Crippen molar-refractivity contribution in [3.63, 3.8) is 0 Å². The van der Waals surface area contributed by atoms with E-state index < -0.39 is 18.1 Å².